The van der Waals surface area contributed by atoms with Crippen molar-refractivity contribution in [2.75, 3.05) is 18.2 Å². The number of nitrogens with one attached hydrogen (secondary N) is 1. The lowest BCUT2D eigenvalue weighted by molar-refractivity contribution is 0.103. The lowest BCUT2D eigenvalue weighted by atomic mass is 10.2. The van der Waals surface area contributed by atoms with E-state index in [0.29, 0.717) is 16.3 Å². The molecule has 0 saturated carbocycles. The van der Waals surface area contributed by atoms with Gasteiger partial charge in [0.1, 0.15) is 10.6 Å². The summed E-state index contributed by atoms with van der Waals surface area (Å²) in [5, 5.41) is 3.64. The molecule has 2 aromatic carbocycles. The van der Waals surface area contributed by atoms with Crippen molar-refractivity contribution in [1.29, 1.82) is 0 Å². The molecule has 0 aliphatic rings. The fourth-order valence-electron chi connectivity index (χ4n) is 2.19. The van der Waals surface area contributed by atoms with Crippen LogP contribution in [0.1, 0.15) is 9.67 Å². The standard InChI is InChI=1S/C16H14N2O2S/c1-20-11-8-5-9-12-13(11)14(17)15(21-12)16(19)18-10-6-3-2-4-7-10/h2-9H,17H2,1H3,(H,18,19). The van der Waals surface area contributed by atoms with E-state index in [1.165, 1.54) is 11.3 Å². The molecule has 0 fully saturated rings. The van der Waals surface area contributed by atoms with Crippen molar-refractivity contribution >= 4 is 38.7 Å². The number of ether oxygens (including phenoxy) is 1. The number of hydrogen-bond donors (Lipinski definition) is 2. The van der Waals surface area contributed by atoms with Crippen molar-refractivity contribution in [1.82, 2.24) is 0 Å². The van der Waals surface area contributed by atoms with Gasteiger partial charge in [0.15, 0.2) is 0 Å². The Morgan fingerprint density at radius 3 is 2.62 bits per heavy atom. The van der Waals surface area contributed by atoms with Gasteiger partial charge in [-0.2, -0.15) is 0 Å². The highest BCUT2D eigenvalue weighted by Gasteiger charge is 2.18. The van der Waals surface area contributed by atoms with Crippen LogP contribution < -0.4 is 15.8 Å². The van der Waals surface area contributed by atoms with Crippen LogP contribution in [0.4, 0.5) is 11.4 Å². The van der Waals surface area contributed by atoms with E-state index in [0.717, 1.165) is 15.8 Å². The number of benzene rings is 2. The van der Waals surface area contributed by atoms with Crippen molar-refractivity contribution in [2.24, 2.45) is 0 Å². The summed E-state index contributed by atoms with van der Waals surface area (Å²) in [5.74, 6) is 0.474. The second-order valence-corrected chi connectivity index (χ2v) is 5.55. The zero-order valence-corrected chi connectivity index (χ0v) is 12.2. The van der Waals surface area contributed by atoms with E-state index in [1.54, 1.807) is 7.11 Å². The Labute approximate surface area is 126 Å². The molecule has 5 heteroatoms. The van der Waals surface area contributed by atoms with Gasteiger partial charge in [0, 0.05) is 10.4 Å². The third kappa shape index (κ3) is 2.43. The Balaban J connectivity index is 2.01. The molecule has 4 nitrogen and oxygen atoms in total. The first kappa shape index (κ1) is 13.5. The highest BCUT2D eigenvalue weighted by Crippen LogP contribution is 2.39. The van der Waals surface area contributed by atoms with E-state index in [1.807, 2.05) is 48.5 Å². The minimum Gasteiger partial charge on any atom is -0.496 e. The highest BCUT2D eigenvalue weighted by molar-refractivity contribution is 7.21. The molecule has 21 heavy (non-hydrogen) atoms. The summed E-state index contributed by atoms with van der Waals surface area (Å²) < 4.78 is 6.25. The fraction of sp³-hybridized carbons (Fsp3) is 0.0625. The Hall–Kier alpha value is -2.53. The van der Waals surface area contributed by atoms with Crippen LogP contribution in [-0.2, 0) is 0 Å². The SMILES string of the molecule is COc1cccc2sc(C(=O)Nc3ccccc3)c(N)c12. The van der Waals surface area contributed by atoms with Crippen molar-refractivity contribution in [3.8, 4) is 5.75 Å². The quantitative estimate of drug-likeness (QED) is 0.774. The Morgan fingerprint density at radius 2 is 1.90 bits per heavy atom. The minimum absolute atomic E-state index is 0.207. The lowest BCUT2D eigenvalue weighted by Crippen LogP contribution is -2.11. The van der Waals surface area contributed by atoms with Crippen LogP contribution >= 0.6 is 11.3 Å². The van der Waals surface area contributed by atoms with Crippen LogP contribution in [0.5, 0.6) is 5.75 Å². The van der Waals surface area contributed by atoms with Crippen molar-refractivity contribution in [3.05, 3.63) is 53.4 Å². The smallest absolute Gasteiger partial charge is 0.267 e. The molecule has 0 atom stereocenters. The maximum atomic E-state index is 12.4. The summed E-state index contributed by atoms with van der Waals surface area (Å²) in [6, 6.07) is 15.0. The van der Waals surface area contributed by atoms with Gasteiger partial charge >= 0.3 is 0 Å². The molecule has 0 bridgehead atoms. The van der Waals surface area contributed by atoms with Gasteiger partial charge in [0.05, 0.1) is 18.2 Å². The van der Waals surface area contributed by atoms with Crippen LogP contribution in [0.2, 0.25) is 0 Å². The summed E-state index contributed by atoms with van der Waals surface area (Å²) in [6.45, 7) is 0. The molecule has 106 valence electrons. The Bertz CT molecular complexity index is 797. The van der Waals surface area contributed by atoms with Gasteiger partial charge < -0.3 is 15.8 Å². The molecular formula is C16H14N2O2S. The van der Waals surface area contributed by atoms with Crippen LogP contribution in [-0.4, -0.2) is 13.0 Å². The molecule has 1 heterocycles. The predicted molar refractivity (Wildman–Crippen MR) is 87.2 cm³/mol. The van der Waals surface area contributed by atoms with E-state index < -0.39 is 0 Å². The average molecular weight is 298 g/mol. The molecule has 1 amide bonds. The van der Waals surface area contributed by atoms with Gasteiger partial charge in [-0.25, -0.2) is 0 Å². The maximum absolute atomic E-state index is 12.4. The molecule has 0 radical (unpaired) electrons. The van der Waals surface area contributed by atoms with Gasteiger partial charge in [-0.3, -0.25) is 4.79 Å². The molecular weight excluding hydrogens is 284 g/mol. The number of hydrogen-bond acceptors (Lipinski definition) is 4. The van der Waals surface area contributed by atoms with Gasteiger partial charge in [0.2, 0.25) is 0 Å². The number of fused-ring (bicyclic) bond motifs is 1. The monoisotopic (exact) mass is 298 g/mol. The summed E-state index contributed by atoms with van der Waals surface area (Å²) >= 11 is 1.36. The third-order valence-electron chi connectivity index (χ3n) is 3.17. The van der Waals surface area contributed by atoms with Crippen molar-refractivity contribution < 1.29 is 9.53 Å². The predicted octanol–water partition coefficient (Wildman–Crippen LogP) is 3.74. The number of thiophene rings is 1. The number of anilines is 2. The molecule has 0 spiro atoms. The number of rotatable bonds is 3. The molecule has 0 saturated heterocycles. The molecule has 0 aliphatic heterocycles. The molecule has 0 unspecified atom stereocenters. The molecule has 3 aromatic rings. The maximum Gasteiger partial charge on any atom is 0.267 e. The second kappa shape index (κ2) is 5.46. The Morgan fingerprint density at radius 1 is 1.14 bits per heavy atom. The van der Waals surface area contributed by atoms with Gasteiger partial charge in [-0.1, -0.05) is 24.3 Å². The van der Waals surface area contributed by atoms with E-state index in [2.05, 4.69) is 5.32 Å². The minimum atomic E-state index is -0.207. The lowest BCUT2D eigenvalue weighted by Gasteiger charge is -2.04. The normalized spacial score (nSPS) is 10.5. The van der Waals surface area contributed by atoms with E-state index >= 15 is 0 Å². The number of para-hydroxylation sites is 1. The van der Waals surface area contributed by atoms with Crippen LogP contribution in [0.3, 0.4) is 0 Å². The van der Waals surface area contributed by atoms with Crippen LogP contribution in [0.15, 0.2) is 48.5 Å². The van der Waals surface area contributed by atoms with E-state index in [4.69, 9.17) is 10.5 Å². The molecule has 1 aromatic heterocycles. The van der Waals surface area contributed by atoms with Gasteiger partial charge in [-0.15, -0.1) is 11.3 Å². The summed E-state index contributed by atoms with van der Waals surface area (Å²) in [7, 11) is 1.59. The number of carbonyl (C=O) groups excluding carboxylic acids is 1. The molecule has 3 N–H and O–H groups in total. The number of carbonyl (C=O) groups is 1. The van der Waals surface area contributed by atoms with Crippen LogP contribution in [0, 0.1) is 0 Å². The van der Waals surface area contributed by atoms with Gasteiger partial charge in [-0.05, 0) is 24.3 Å². The number of methoxy groups -OCH3 is 1. The first-order valence-electron chi connectivity index (χ1n) is 6.42. The largest absolute Gasteiger partial charge is 0.496 e. The third-order valence-corrected chi connectivity index (χ3v) is 4.34. The number of nitrogen functional groups attached to an aromatic ring is 1. The molecule has 0 aliphatic carbocycles. The van der Waals surface area contributed by atoms with Gasteiger partial charge in [0.25, 0.3) is 5.91 Å². The van der Waals surface area contributed by atoms with Crippen molar-refractivity contribution in [2.45, 2.75) is 0 Å². The summed E-state index contributed by atoms with van der Waals surface area (Å²) in [6.07, 6.45) is 0. The molecule has 3 rings (SSSR count). The van der Waals surface area contributed by atoms with E-state index in [-0.39, 0.29) is 5.91 Å². The number of amides is 1. The zero-order valence-electron chi connectivity index (χ0n) is 11.4. The highest BCUT2D eigenvalue weighted by atomic mass is 32.1. The first-order chi connectivity index (χ1) is 10.2. The first-order valence-corrected chi connectivity index (χ1v) is 7.23. The zero-order chi connectivity index (χ0) is 14.8. The van der Waals surface area contributed by atoms with E-state index in [9.17, 15) is 4.79 Å². The number of nitrogens with two attached hydrogens (primary N) is 1. The summed E-state index contributed by atoms with van der Waals surface area (Å²) in [5.41, 5.74) is 7.34. The second-order valence-electron chi connectivity index (χ2n) is 4.50. The topological polar surface area (TPSA) is 64.3 Å². The fourth-order valence-corrected chi connectivity index (χ4v) is 3.22. The average Bonchev–Trinajstić information content (AvgIpc) is 2.86. The van der Waals surface area contributed by atoms with Crippen LogP contribution in [0.25, 0.3) is 10.1 Å². The van der Waals surface area contributed by atoms with Crippen molar-refractivity contribution in [3.63, 3.8) is 0 Å². The Kier molecular flexibility index (Phi) is 3.50. The summed E-state index contributed by atoms with van der Waals surface area (Å²) in [4.78, 5) is 12.9.